The number of aromatic hydroxyl groups is 1. The van der Waals surface area contributed by atoms with E-state index in [1.54, 1.807) is 6.92 Å². The van der Waals surface area contributed by atoms with Crippen LogP contribution >= 0.6 is 0 Å². The molecule has 102 valence electrons. The first kappa shape index (κ1) is 13.3. The standard InChI is InChI=1S/C12H12FNO5/c1-2-19-12(16)7-3-6-5-9(14(17)18)11(15)10(13)8(6)4-7/h5,7,15H,2-4H2,1H3. The number of benzene rings is 1. The number of esters is 1. The highest BCUT2D eigenvalue weighted by Gasteiger charge is 2.35. The average molecular weight is 269 g/mol. The number of halogens is 1. The van der Waals surface area contributed by atoms with Crippen LogP contribution in [0.3, 0.4) is 0 Å². The Morgan fingerprint density at radius 1 is 1.63 bits per heavy atom. The maximum atomic E-state index is 13.8. The minimum atomic E-state index is -1.02. The summed E-state index contributed by atoms with van der Waals surface area (Å²) in [5.41, 5.74) is -0.151. The monoisotopic (exact) mass is 269 g/mol. The number of fused-ring (bicyclic) bond motifs is 1. The zero-order chi connectivity index (χ0) is 14.2. The lowest BCUT2D eigenvalue weighted by Gasteiger charge is -2.06. The summed E-state index contributed by atoms with van der Waals surface area (Å²) in [6.45, 7) is 1.89. The van der Waals surface area contributed by atoms with Gasteiger partial charge in [0.25, 0.3) is 0 Å². The molecule has 0 aliphatic heterocycles. The van der Waals surface area contributed by atoms with Crippen molar-refractivity contribution in [1.82, 2.24) is 0 Å². The zero-order valence-electron chi connectivity index (χ0n) is 10.2. The molecule has 2 rings (SSSR count). The Balaban J connectivity index is 2.36. The molecule has 0 radical (unpaired) electrons. The maximum Gasteiger partial charge on any atom is 0.314 e. The first-order chi connectivity index (χ1) is 8.95. The molecule has 6 nitrogen and oxygen atoms in total. The van der Waals surface area contributed by atoms with Crippen molar-refractivity contribution in [3.63, 3.8) is 0 Å². The summed E-state index contributed by atoms with van der Waals surface area (Å²) < 4.78 is 18.7. The van der Waals surface area contributed by atoms with Crippen molar-refractivity contribution in [2.45, 2.75) is 19.8 Å². The lowest BCUT2D eigenvalue weighted by Crippen LogP contribution is -2.17. The van der Waals surface area contributed by atoms with E-state index in [1.807, 2.05) is 0 Å². The molecule has 0 saturated carbocycles. The van der Waals surface area contributed by atoms with Gasteiger partial charge < -0.3 is 9.84 Å². The predicted molar refractivity (Wildman–Crippen MR) is 62.3 cm³/mol. The molecule has 1 aromatic carbocycles. The molecule has 0 amide bonds. The van der Waals surface area contributed by atoms with Gasteiger partial charge in [0, 0.05) is 6.07 Å². The molecule has 0 aromatic heterocycles. The molecule has 1 aliphatic rings. The van der Waals surface area contributed by atoms with E-state index in [4.69, 9.17) is 4.74 Å². The van der Waals surface area contributed by atoms with Crippen LogP contribution in [-0.4, -0.2) is 22.6 Å². The van der Waals surface area contributed by atoms with Crippen molar-refractivity contribution in [3.05, 3.63) is 33.1 Å². The van der Waals surface area contributed by atoms with Gasteiger partial charge in [0.05, 0.1) is 17.4 Å². The highest BCUT2D eigenvalue weighted by Crippen LogP contribution is 2.39. The lowest BCUT2D eigenvalue weighted by atomic mass is 10.1. The summed E-state index contributed by atoms with van der Waals surface area (Å²) in [5.74, 6) is -3.00. The van der Waals surface area contributed by atoms with Gasteiger partial charge in [-0.2, -0.15) is 0 Å². The Bertz CT molecular complexity index is 558. The number of carbonyl (C=O) groups excluding carboxylic acids is 1. The Kier molecular flexibility index (Phi) is 3.37. The van der Waals surface area contributed by atoms with Crippen LogP contribution in [0.4, 0.5) is 10.1 Å². The Morgan fingerprint density at radius 2 is 2.32 bits per heavy atom. The van der Waals surface area contributed by atoms with Crippen molar-refractivity contribution in [2.75, 3.05) is 6.61 Å². The second-order valence-corrected chi connectivity index (χ2v) is 4.31. The van der Waals surface area contributed by atoms with Gasteiger partial charge in [0.2, 0.25) is 5.75 Å². The number of carbonyl (C=O) groups is 1. The molecule has 0 saturated heterocycles. The van der Waals surface area contributed by atoms with Gasteiger partial charge in [-0.05, 0) is 30.9 Å². The second kappa shape index (κ2) is 4.83. The molecular weight excluding hydrogens is 257 g/mol. The molecule has 1 unspecified atom stereocenters. The van der Waals surface area contributed by atoms with Gasteiger partial charge in [-0.25, -0.2) is 4.39 Å². The van der Waals surface area contributed by atoms with E-state index in [0.717, 1.165) is 6.07 Å². The number of nitro groups is 1. The number of phenolic OH excluding ortho intramolecular Hbond substituents is 1. The van der Waals surface area contributed by atoms with Gasteiger partial charge in [-0.1, -0.05) is 0 Å². The molecule has 1 N–H and O–H groups in total. The number of phenols is 1. The molecule has 0 bridgehead atoms. The third kappa shape index (κ3) is 2.23. The number of nitro benzene ring substituents is 1. The predicted octanol–water partition coefficient (Wildman–Crippen LogP) is 1.72. The van der Waals surface area contributed by atoms with Crippen molar-refractivity contribution >= 4 is 11.7 Å². The number of hydrogen-bond donors (Lipinski definition) is 1. The number of rotatable bonds is 3. The van der Waals surface area contributed by atoms with Gasteiger partial charge >= 0.3 is 11.7 Å². The van der Waals surface area contributed by atoms with Gasteiger partial charge in [-0.3, -0.25) is 14.9 Å². The summed E-state index contributed by atoms with van der Waals surface area (Å²) in [7, 11) is 0. The Labute approximate surface area is 108 Å². The van der Waals surface area contributed by atoms with Crippen LogP contribution in [0.2, 0.25) is 0 Å². The van der Waals surface area contributed by atoms with E-state index in [-0.39, 0.29) is 25.0 Å². The SMILES string of the molecule is CCOC(=O)C1Cc2cc([N+](=O)[O-])c(O)c(F)c2C1. The third-order valence-electron chi connectivity index (χ3n) is 3.15. The molecular formula is C12H12FNO5. The smallest absolute Gasteiger partial charge is 0.314 e. The van der Waals surface area contributed by atoms with Crippen LogP contribution in [0.15, 0.2) is 6.07 Å². The minimum Gasteiger partial charge on any atom is -0.500 e. The molecule has 0 spiro atoms. The molecule has 1 aliphatic carbocycles. The van der Waals surface area contributed by atoms with E-state index in [2.05, 4.69) is 0 Å². The van der Waals surface area contributed by atoms with Gasteiger partial charge in [-0.15, -0.1) is 0 Å². The highest BCUT2D eigenvalue weighted by atomic mass is 19.1. The fourth-order valence-electron chi connectivity index (χ4n) is 2.27. The Hall–Kier alpha value is -2.18. The lowest BCUT2D eigenvalue weighted by molar-refractivity contribution is -0.386. The normalized spacial score (nSPS) is 17.1. The van der Waals surface area contributed by atoms with Crippen LogP contribution in [0, 0.1) is 21.8 Å². The highest BCUT2D eigenvalue weighted by molar-refractivity contribution is 5.75. The largest absolute Gasteiger partial charge is 0.500 e. The molecule has 0 heterocycles. The third-order valence-corrected chi connectivity index (χ3v) is 3.15. The number of hydrogen-bond acceptors (Lipinski definition) is 5. The van der Waals surface area contributed by atoms with Crippen molar-refractivity contribution in [3.8, 4) is 5.75 Å². The number of nitrogens with zero attached hydrogens (tertiary/aromatic N) is 1. The minimum absolute atomic E-state index is 0.0888. The second-order valence-electron chi connectivity index (χ2n) is 4.31. The fraction of sp³-hybridized carbons (Fsp3) is 0.417. The first-order valence-electron chi connectivity index (χ1n) is 5.80. The molecule has 1 aromatic rings. The van der Waals surface area contributed by atoms with E-state index in [9.17, 15) is 24.4 Å². The van der Waals surface area contributed by atoms with Gasteiger partial charge in [0.15, 0.2) is 5.82 Å². The molecule has 7 heteroatoms. The van der Waals surface area contributed by atoms with Gasteiger partial charge in [0.1, 0.15) is 0 Å². The maximum absolute atomic E-state index is 13.8. The molecule has 19 heavy (non-hydrogen) atoms. The fourth-order valence-corrected chi connectivity index (χ4v) is 2.27. The van der Waals surface area contributed by atoms with Crippen molar-refractivity contribution in [1.29, 1.82) is 0 Å². The zero-order valence-corrected chi connectivity index (χ0v) is 10.2. The van der Waals surface area contributed by atoms with Crippen molar-refractivity contribution < 1.29 is 24.0 Å². The molecule has 0 fully saturated rings. The average Bonchev–Trinajstić information content (AvgIpc) is 2.78. The van der Waals surface area contributed by atoms with Crippen LogP contribution < -0.4 is 0 Å². The van der Waals surface area contributed by atoms with Crippen LogP contribution in [0.25, 0.3) is 0 Å². The van der Waals surface area contributed by atoms with E-state index in [1.165, 1.54) is 0 Å². The number of ether oxygens (including phenoxy) is 1. The van der Waals surface area contributed by atoms with E-state index < -0.39 is 34.1 Å². The summed E-state index contributed by atoms with van der Waals surface area (Å²) >= 11 is 0. The van der Waals surface area contributed by atoms with Crippen LogP contribution in [-0.2, 0) is 22.4 Å². The topological polar surface area (TPSA) is 89.7 Å². The summed E-state index contributed by atoms with van der Waals surface area (Å²) in [4.78, 5) is 21.4. The molecule has 1 atom stereocenters. The Morgan fingerprint density at radius 3 is 2.89 bits per heavy atom. The summed E-state index contributed by atoms with van der Waals surface area (Å²) in [6, 6.07) is 1.12. The van der Waals surface area contributed by atoms with Crippen molar-refractivity contribution in [2.24, 2.45) is 5.92 Å². The quantitative estimate of drug-likeness (QED) is 0.512. The van der Waals surface area contributed by atoms with Crippen LogP contribution in [0.1, 0.15) is 18.1 Å². The summed E-state index contributed by atoms with van der Waals surface area (Å²) in [6.07, 6.45) is 0.276. The summed E-state index contributed by atoms with van der Waals surface area (Å²) in [5, 5.41) is 20.1. The van der Waals surface area contributed by atoms with Crippen LogP contribution in [0.5, 0.6) is 5.75 Å². The first-order valence-corrected chi connectivity index (χ1v) is 5.80. The van der Waals surface area contributed by atoms with E-state index in [0.29, 0.717) is 5.56 Å². The van der Waals surface area contributed by atoms with E-state index >= 15 is 0 Å².